The van der Waals surface area contributed by atoms with Crippen LogP contribution in [0.15, 0.2) is 0 Å². The van der Waals surface area contributed by atoms with Crippen molar-refractivity contribution in [1.29, 1.82) is 0 Å². The fourth-order valence-electron chi connectivity index (χ4n) is 1.17. The Balaban J connectivity index is 3.49. The number of hydrogen-bond donors (Lipinski definition) is 0. The highest BCUT2D eigenvalue weighted by atomic mass is 14.0. The molecule has 0 rings (SSSR count). The normalized spacial score (nSPS) is 12.4. The standard InChI is InChI=1S/C12H21/c1-5-6-7-8-9-12(4)10-11(2)3/h11-12H,2,5-7,10H2,1,3-4H3. The number of hydrogen-bond acceptors (Lipinski definition) is 0. The maximum Gasteiger partial charge on any atom is 0.0177 e. The van der Waals surface area contributed by atoms with Crippen LogP contribution in [0.25, 0.3) is 0 Å². The maximum atomic E-state index is 3.96. The molecule has 69 valence electrons. The highest BCUT2D eigenvalue weighted by molar-refractivity contribution is 5.02. The molecule has 2 atom stereocenters. The molecule has 0 nitrogen and oxygen atoms in total. The Morgan fingerprint density at radius 1 is 1.33 bits per heavy atom. The van der Waals surface area contributed by atoms with Crippen molar-refractivity contribution in [1.82, 2.24) is 0 Å². The van der Waals surface area contributed by atoms with Crippen LogP contribution in [0.4, 0.5) is 0 Å². The number of rotatable bonds is 4. The van der Waals surface area contributed by atoms with Gasteiger partial charge in [0.25, 0.3) is 0 Å². The van der Waals surface area contributed by atoms with Crippen LogP contribution in [0, 0.1) is 30.6 Å². The van der Waals surface area contributed by atoms with E-state index in [0.717, 1.165) is 12.8 Å². The van der Waals surface area contributed by atoms with Gasteiger partial charge in [-0.2, -0.15) is 0 Å². The van der Waals surface area contributed by atoms with E-state index in [4.69, 9.17) is 0 Å². The molecule has 1 radical (unpaired) electrons. The lowest BCUT2D eigenvalue weighted by Gasteiger charge is -2.05. The second-order valence-corrected chi connectivity index (χ2v) is 3.67. The van der Waals surface area contributed by atoms with Gasteiger partial charge in [0, 0.05) is 12.3 Å². The van der Waals surface area contributed by atoms with Gasteiger partial charge in [-0.1, -0.05) is 34.1 Å². The van der Waals surface area contributed by atoms with E-state index in [0.29, 0.717) is 11.8 Å². The van der Waals surface area contributed by atoms with E-state index >= 15 is 0 Å². The van der Waals surface area contributed by atoms with Crippen LogP contribution in [0.2, 0.25) is 0 Å². The summed E-state index contributed by atoms with van der Waals surface area (Å²) in [4.78, 5) is 0. The molecule has 0 spiro atoms. The minimum Gasteiger partial charge on any atom is -0.103 e. The molecule has 0 aromatic carbocycles. The van der Waals surface area contributed by atoms with Gasteiger partial charge in [0.1, 0.15) is 0 Å². The van der Waals surface area contributed by atoms with E-state index in [1.807, 2.05) is 0 Å². The van der Waals surface area contributed by atoms with Crippen molar-refractivity contribution in [2.75, 3.05) is 0 Å². The van der Waals surface area contributed by atoms with Gasteiger partial charge in [0.05, 0.1) is 0 Å². The molecule has 0 saturated heterocycles. The third-order valence-electron chi connectivity index (χ3n) is 1.76. The Bertz CT molecular complexity index is 145. The van der Waals surface area contributed by atoms with E-state index in [9.17, 15) is 0 Å². The van der Waals surface area contributed by atoms with Gasteiger partial charge in [-0.25, -0.2) is 0 Å². The molecule has 0 amide bonds. The summed E-state index contributed by atoms with van der Waals surface area (Å²) >= 11 is 0. The predicted octanol–water partition coefficient (Wildman–Crippen LogP) is 3.68. The average molecular weight is 165 g/mol. The van der Waals surface area contributed by atoms with Crippen molar-refractivity contribution < 1.29 is 0 Å². The smallest absolute Gasteiger partial charge is 0.0177 e. The minimum absolute atomic E-state index is 0.523. The second-order valence-electron chi connectivity index (χ2n) is 3.67. The molecule has 0 aliphatic carbocycles. The summed E-state index contributed by atoms with van der Waals surface area (Å²) in [5, 5.41) is 0. The topological polar surface area (TPSA) is 0 Å². The van der Waals surface area contributed by atoms with Gasteiger partial charge < -0.3 is 0 Å². The highest BCUT2D eigenvalue weighted by Gasteiger charge is 1.99. The quantitative estimate of drug-likeness (QED) is 0.440. The van der Waals surface area contributed by atoms with Crippen LogP contribution in [-0.2, 0) is 0 Å². The summed E-state index contributed by atoms with van der Waals surface area (Å²) in [6.07, 6.45) is 4.67. The lowest BCUT2D eigenvalue weighted by molar-refractivity contribution is 0.553. The Morgan fingerprint density at radius 2 is 2.00 bits per heavy atom. The third-order valence-corrected chi connectivity index (χ3v) is 1.76. The molecule has 0 fully saturated rings. The summed E-state index contributed by atoms with van der Waals surface area (Å²) in [6, 6.07) is 0. The van der Waals surface area contributed by atoms with E-state index in [-0.39, 0.29) is 0 Å². The first kappa shape index (κ1) is 11.6. The Kier molecular flexibility index (Phi) is 6.96. The predicted molar refractivity (Wildman–Crippen MR) is 55.6 cm³/mol. The Morgan fingerprint density at radius 3 is 2.50 bits per heavy atom. The van der Waals surface area contributed by atoms with Crippen molar-refractivity contribution in [3.8, 4) is 11.8 Å². The van der Waals surface area contributed by atoms with Gasteiger partial charge in [-0.3, -0.25) is 0 Å². The highest BCUT2D eigenvalue weighted by Crippen LogP contribution is 2.08. The SMILES string of the molecule is [CH2]C(C)CC(C)C#CCCCC. The van der Waals surface area contributed by atoms with Gasteiger partial charge >= 0.3 is 0 Å². The Hall–Kier alpha value is -0.440. The molecule has 12 heavy (non-hydrogen) atoms. The zero-order chi connectivity index (χ0) is 9.40. The van der Waals surface area contributed by atoms with E-state index < -0.39 is 0 Å². The molecule has 0 aromatic rings. The van der Waals surface area contributed by atoms with Crippen LogP contribution in [0.3, 0.4) is 0 Å². The molecule has 0 saturated carbocycles. The minimum atomic E-state index is 0.523. The van der Waals surface area contributed by atoms with Gasteiger partial charge in [-0.05, 0) is 18.8 Å². The lowest BCUT2D eigenvalue weighted by atomic mass is 9.99. The summed E-state index contributed by atoms with van der Waals surface area (Å²) in [6.45, 7) is 10.5. The van der Waals surface area contributed by atoms with Crippen molar-refractivity contribution in [3.05, 3.63) is 6.92 Å². The summed E-state index contributed by atoms with van der Waals surface area (Å²) in [7, 11) is 0. The van der Waals surface area contributed by atoms with E-state index in [1.165, 1.54) is 12.8 Å². The molecule has 0 aliphatic heterocycles. The zero-order valence-electron chi connectivity index (χ0n) is 8.69. The zero-order valence-corrected chi connectivity index (χ0v) is 8.69. The van der Waals surface area contributed by atoms with Crippen LogP contribution < -0.4 is 0 Å². The van der Waals surface area contributed by atoms with Crippen LogP contribution in [0.1, 0.15) is 46.5 Å². The van der Waals surface area contributed by atoms with E-state index in [2.05, 4.69) is 39.5 Å². The van der Waals surface area contributed by atoms with Crippen LogP contribution in [0.5, 0.6) is 0 Å². The molecule has 0 heterocycles. The molecular weight excluding hydrogens is 144 g/mol. The molecule has 0 aliphatic rings. The maximum absolute atomic E-state index is 3.96. The van der Waals surface area contributed by atoms with Crippen molar-refractivity contribution in [2.45, 2.75) is 46.5 Å². The molecule has 0 bridgehead atoms. The summed E-state index contributed by atoms with van der Waals surface area (Å²) < 4.78 is 0. The largest absolute Gasteiger partial charge is 0.103 e. The van der Waals surface area contributed by atoms with Gasteiger partial charge in [0.15, 0.2) is 0 Å². The summed E-state index contributed by atoms with van der Waals surface area (Å²) in [5.41, 5.74) is 0. The second kappa shape index (κ2) is 7.22. The average Bonchev–Trinajstić information content (AvgIpc) is 1.97. The molecule has 0 N–H and O–H groups in total. The number of unbranched alkanes of at least 4 members (excludes halogenated alkanes) is 2. The molecular formula is C12H21. The first-order chi connectivity index (χ1) is 5.66. The lowest BCUT2D eigenvalue weighted by Crippen LogP contribution is -1.96. The van der Waals surface area contributed by atoms with Gasteiger partial charge in [0.2, 0.25) is 0 Å². The monoisotopic (exact) mass is 165 g/mol. The van der Waals surface area contributed by atoms with Crippen molar-refractivity contribution >= 4 is 0 Å². The molecule has 0 heteroatoms. The Labute approximate surface area is 77.8 Å². The fourth-order valence-corrected chi connectivity index (χ4v) is 1.17. The van der Waals surface area contributed by atoms with Crippen molar-refractivity contribution in [3.63, 3.8) is 0 Å². The third kappa shape index (κ3) is 7.66. The van der Waals surface area contributed by atoms with Crippen LogP contribution in [-0.4, -0.2) is 0 Å². The van der Waals surface area contributed by atoms with Gasteiger partial charge in [-0.15, -0.1) is 11.8 Å². The van der Waals surface area contributed by atoms with E-state index in [1.54, 1.807) is 0 Å². The fraction of sp³-hybridized carbons (Fsp3) is 0.750. The first-order valence-corrected chi connectivity index (χ1v) is 4.98. The summed E-state index contributed by atoms with van der Waals surface area (Å²) in [5.74, 6) is 7.52. The first-order valence-electron chi connectivity index (χ1n) is 4.98. The molecule has 0 aromatic heterocycles. The molecule has 2 unspecified atom stereocenters. The van der Waals surface area contributed by atoms with Crippen LogP contribution >= 0.6 is 0 Å². The van der Waals surface area contributed by atoms with Crippen molar-refractivity contribution in [2.24, 2.45) is 11.8 Å².